The standard InChI is InChI=1S/C8H6BrClO2.C7H4BrClO2.CH4O.H2O4S/c1-12-8(11)6-3-2-5(10)4-7(6)9;8-6-3-4(9)1-2-5(6)7(10)11;1-2;1-5(2,3)4/h2-4H,1H3;1-3H,(H,10,11);2H,1H3;(H2,1,2,3,4). The monoisotopic (exact) mass is 612 g/mol. The number of carbonyl (C=O) groups excluding carboxylic acids is 1. The Balaban J connectivity index is 0. The lowest BCUT2D eigenvalue weighted by Crippen LogP contribution is -2.01. The van der Waals surface area contributed by atoms with E-state index in [9.17, 15) is 9.59 Å². The number of esters is 1. The molecular formula is C16H16Br2Cl2O9S. The van der Waals surface area contributed by atoms with Gasteiger partial charge in [-0.05, 0) is 68.3 Å². The third kappa shape index (κ3) is 14.7. The molecule has 4 N–H and O–H groups in total. The van der Waals surface area contributed by atoms with Crippen molar-refractivity contribution < 1.29 is 42.1 Å². The molecule has 2 aromatic carbocycles. The number of carboxylic acid groups (broad SMARTS) is 1. The summed E-state index contributed by atoms with van der Waals surface area (Å²) >= 11 is 17.6. The molecule has 2 rings (SSSR count). The largest absolute Gasteiger partial charge is 0.478 e. The van der Waals surface area contributed by atoms with E-state index in [1.165, 1.54) is 19.2 Å². The van der Waals surface area contributed by atoms with E-state index in [0.717, 1.165) is 7.11 Å². The second-order valence-corrected chi connectivity index (χ2v) is 7.97. The molecular weight excluding hydrogens is 599 g/mol. The van der Waals surface area contributed by atoms with Gasteiger partial charge in [-0.1, -0.05) is 23.2 Å². The van der Waals surface area contributed by atoms with Gasteiger partial charge in [0, 0.05) is 26.1 Å². The molecule has 0 aliphatic carbocycles. The van der Waals surface area contributed by atoms with E-state index in [-0.39, 0.29) is 11.5 Å². The van der Waals surface area contributed by atoms with Crippen LogP contribution >= 0.6 is 55.1 Å². The van der Waals surface area contributed by atoms with Crippen molar-refractivity contribution in [2.24, 2.45) is 0 Å². The summed E-state index contributed by atoms with van der Waals surface area (Å²) in [5.74, 6) is -1.34. The predicted octanol–water partition coefficient (Wildman–Crippen LogP) is 4.65. The minimum atomic E-state index is -4.67. The molecule has 168 valence electrons. The van der Waals surface area contributed by atoms with E-state index in [4.69, 9.17) is 50.9 Å². The van der Waals surface area contributed by atoms with Crippen LogP contribution in [-0.2, 0) is 15.1 Å². The smallest absolute Gasteiger partial charge is 0.394 e. The SMILES string of the molecule is CO.COC(=O)c1ccc(Cl)cc1Br.O=C(O)c1ccc(Cl)cc1Br.O=S(=O)(O)O. The fraction of sp³-hybridized carbons (Fsp3) is 0.125. The highest BCUT2D eigenvalue weighted by atomic mass is 79.9. The number of carbonyl (C=O) groups is 2. The van der Waals surface area contributed by atoms with Gasteiger partial charge in [-0.2, -0.15) is 8.42 Å². The van der Waals surface area contributed by atoms with Gasteiger partial charge in [-0.3, -0.25) is 9.11 Å². The molecule has 0 heterocycles. The van der Waals surface area contributed by atoms with Gasteiger partial charge in [-0.25, -0.2) is 9.59 Å². The minimum absolute atomic E-state index is 0.217. The zero-order valence-corrected chi connectivity index (χ0v) is 20.7. The van der Waals surface area contributed by atoms with E-state index < -0.39 is 16.4 Å². The number of aromatic carboxylic acids is 1. The lowest BCUT2D eigenvalue weighted by Gasteiger charge is -2.01. The van der Waals surface area contributed by atoms with Crippen molar-refractivity contribution in [3.05, 3.63) is 66.5 Å². The lowest BCUT2D eigenvalue weighted by atomic mass is 10.2. The first kappa shape index (κ1) is 30.9. The summed E-state index contributed by atoms with van der Waals surface area (Å²) in [6.45, 7) is 0. The Morgan fingerprint density at radius 2 is 1.23 bits per heavy atom. The number of aliphatic hydroxyl groups is 1. The Bertz CT molecular complexity index is 946. The van der Waals surface area contributed by atoms with Crippen molar-refractivity contribution in [1.82, 2.24) is 0 Å². The van der Waals surface area contributed by atoms with E-state index in [1.807, 2.05) is 0 Å². The highest BCUT2D eigenvalue weighted by Crippen LogP contribution is 2.22. The zero-order chi connectivity index (χ0) is 24.1. The van der Waals surface area contributed by atoms with Crippen LogP contribution in [0.25, 0.3) is 0 Å². The van der Waals surface area contributed by atoms with Crippen LogP contribution in [0.2, 0.25) is 10.0 Å². The number of ether oxygens (including phenoxy) is 1. The second-order valence-electron chi connectivity index (χ2n) is 4.49. The van der Waals surface area contributed by atoms with Crippen molar-refractivity contribution in [3.63, 3.8) is 0 Å². The molecule has 0 aromatic heterocycles. The third-order valence-electron chi connectivity index (χ3n) is 2.50. The van der Waals surface area contributed by atoms with Crippen molar-refractivity contribution in [2.45, 2.75) is 0 Å². The molecule has 0 fully saturated rings. The van der Waals surface area contributed by atoms with Crippen LogP contribution in [0.5, 0.6) is 0 Å². The molecule has 0 atom stereocenters. The van der Waals surface area contributed by atoms with E-state index in [2.05, 4.69) is 36.6 Å². The third-order valence-corrected chi connectivity index (χ3v) is 4.28. The first-order valence-electron chi connectivity index (χ1n) is 7.12. The zero-order valence-electron chi connectivity index (χ0n) is 15.2. The van der Waals surface area contributed by atoms with E-state index in [0.29, 0.717) is 24.6 Å². The van der Waals surface area contributed by atoms with Crippen molar-refractivity contribution in [3.8, 4) is 0 Å². The number of aliphatic hydroxyl groups excluding tert-OH is 1. The molecule has 2 aromatic rings. The van der Waals surface area contributed by atoms with Gasteiger partial charge in [0.1, 0.15) is 0 Å². The molecule has 0 bridgehead atoms. The summed E-state index contributed by atoms with van der Waals surface area (Å²) < 4.78 is 37.3. The molecule has 0 amide bonds. The average molecular weight is 615 g/mol. The van der Waals surface area contributed by atoms with E-state index >= 15 is 0 Å². The van der Waals surface area contributed by atoms with Crippen LogP contribution in [0.3, 0.4) is 0 Å². The molecule has 0 spiro atoms. The Morgan fingerprint density at radius 1 is 0.900 bits per heavy atom. The van der Waals surface area contributed by atoms with Crippen LogP contribution in [0.4, 0.5) is 0 Å². The van der Waals surface area contributed by atoms with Crippen LogP contribution in [0.1, 0.15) is 20.7 Å². The molecule has 0 aliphatic rings. The van der Waals surface area contributed by atoms with Crippen molar-refractivity contribution >= 4 is 77.4 Å². The topological polar surface area (TPSA) is 158 Å². The molecule has 14 heteroatoms. The molecule has 9 nitrogen and oxygen atoms in total. The number of rotatable bonds is 2. The van der Waals surface area contributed by atoms with Crippen LogP contribution < -0.4 is 0 Å². The van der Waals surface area contributed by atoms with Crippen LogP contribution in [-0.4, -0.2) is 53.9 Å². The number of carboxylic acids is 1. The number of hydrogen-bond donors (Lipinski definition) is 4. The average Bonchev–Trinajstić information content (AvgIpc) is 2.61. The summed E-state index contributed by atoms with van der Waals surface area (Å²) in [5, 5.41) is 16.7. The van der Waals surface area contributed by atoms with Gasteiger partial charge in [-0.15, -0.1) is 0 Å². The Labute approximate surface area is 199 Å². The van der Waals surface area contributed by atoms with Crippen LogP contribution in [0.15, 0.2) is 45.3 Å². The van der Waals surface area contributed by atoms with Gasteiger partial charge in [0.05, 0.1) is 18.2 Å². The van der Waals surface area contributed by atoms with Crippen molar-refractivity contribution in [2.75, 3.05) is 14.2 Å². The minimum Gasteiger partial charge on any atom is -0.478 e. The number of halogens is 4. The van der Waals surface area contributed by atoms with E-state index in [1.54, 1.807) is 24.3 Å². The molecule has 0 saturated carbocycles. The molecule has 0 saturated heterocycles. The van der Waals surface area contributed by atoms with Gasteiger partial charge in [0.2, 0.25) is 0 Å². The highest BCUT2D eigenvalue weighted by molar-refractivity contribution is 9.10. The quantitative estimate of drug-likeness (QED) is 0.279. The number of benzene rings is 2. The van der Waals surface area contributed by atoms with Gasteiger partial charge in [0.25, 0.3) is 0 Å². The maximum atomic E-state index is 11.1. The second kappa shape index (κ2) is 15.5. The molecule has 0 unspecified atom stereocenters. The fourth-order valence-electron chi connectivity index (χ4n) is 1.43. The lowest BCUT2D eigenvalue weighted by molar-refractivity contribution is 0.0598. The first-order valence-corrected chi connectivity index (χ1v) is 10.9. The Morgan fingerprint density at radius 3 is 1.50 bits per heavy atom. The summed E-state index contributed by atoms with van der Waals surface area (Å²) in [7, 11) is -2.33. The Kier molecular flexibility index (Phi) is 16.0. The predicted molar refractivity (Wildman–Crippen MR) is 119 cm³/mol. The molecule has 0 radical (unpaired) electrons. The highest BCUT2D eigenvalue weighted by Gasteiger charge is 2.09. The maximum absolute atomic E-state index is 11.1. The first-order chi connectivity index (χ1) is 13.8. The molecule has 30 heavy (non-hydrogen) atoms. The van der Waals surface area contributed by atoms with Gasteiger partial charge in [0.15, 0.2) is 0 Å². The van der Waals surface area contributed by atoms with Gasteiger partial charge >= 0.3 is 22.3 Å². The summed E-state index contributed by atoms with van der Waals surface area (Å²) in [6.07, 6.45) is 0. The number of methoxy groups -OCH3 is 1. The maximum Gasteiger partial charge on any atom is 0.394 e. The number of hydrogen-bond acceptors (Lipinski definition) is 6. The fourth-order valence-corrected chi connectivity index (χ4v) is 3.12. The normalized spacial score (nSPS) is 9.50. The van der Waals surface area contributed by atoms with Crippen LogP contribution in [0, 0.1) is 0 Å². The summed E-state index contributed by atoms with van der Waals surface area (Å²) in [5.41, 5.74) is 0.691. The molecule has 0 aliphatic heterocycles. The summed E-state index contributed by atoms with van der Waals surface area (Å²) in [4.78, 5) is 21.5. The van der Waals surface area contributed by atoms with Gasteiger partial charge < -0.3 is 14.9 Å². The summed E-state index contributed by atoms with van der Waals surface area (Å²) in [6, 6.07) is 9.43. The van der Waals surface area contributed by atoms with Crippen molar-refractivity contribution in [1.29, 1.82) is 0 Å². The Hall–Kier alpha value is -1.25.